The molecule has 0 bridgehead atoms. The Balaban J connectivity index is 0.00000320. The predicted octanol–water partition coefficient (Wildman–Crippen LogP) is -0.529. The molecule has 0 spiro atoms. The van der Waals surface area contributed by atoms with Crippen LogP contribution < -0.4 is 51.4 Å². The molecule has 8 nitrogen and oxygen atoms in total. The maximum Gasteiger partial charge on any atom is 1.00 e. The molecule has 2 saturated heterocycles. The number of likely N-dealkylation sites (tertiary alicyclic amines) is 1. The summed E-state index contributed by atoms with van der Waals surface area (Å²) in [4.78, 5) is 33.6. The number of piperidine rings is 1. The zero-order chi connectivity index (χ0) is 25.2. The van der Waals surface area contributed by atoms with Crippen LogP contribution in [-0.4, -0.2) is 88.5 Å². The van der Waals surface area contributed by atoms with Crippen molar-refractivity contribution in [3.05, 3.63) is 69.6 Å². The molecule has 37 heavy (non-hydrogen) atoms. The number of piperazine rings is 1. The summed E-state index contributed by atoms with van der Waals surface area (Å²) in [5.74, 6) is -0.441. The summed E-state index contributed by atoms with van der Waals surface area (Å²) in [5.41, 5.74) is 3.92. The number of hydrogen-bond donors (Lipinski definition) is 1. The van der Waals surface area contributed by atoms with E-state index in [1.165, 1.54) is 17.7 Å². The molecule has 0 radical (unpaired) electrons. The van der Waals surface area contributed by atoms with Crippen LogP contribution in [0.3, 0.4) is 0 Å². The molecule has 190 valence electrons. The summed E-state index contributed by atoms with van der Waals surface area (Å²) < 4.78 is 0. The molecule has 3 heterocycles. The van der Waals surface area contributed by atoms with Crippen LogP contribution in [0.15, 0.2) is 30.3 Å². The van der Waals surface area contributed by atoms with Crippen molar-refractivity contribution in [2.75, 3.05) is 46.3 Å². The normalized spacial score (nSPS) is 18.5. The molecule has 0 aromatic heterocycles. The maximum absolute atomic E-state index is 13.4. The predicted molar refractivity (Wildman–Crippen MR) is 138 cm³/mol. The minimum Gasteiger partial charge on any atom is -0.857 e. The zero-order valence-electron chi connectivity index (χ0n) is 21.9. The van der Waals surface area contributed by atoms with Gasteiger partial charge in [-0.05, 0) is 48.7 Å². The molecule has 3 aliphatic rings. The topological polar surface area (TPSA) is 89.6 Å². The monoisotopic (exact) mass is 526 g/mol. The molecule has 3 aliphatic heterocycles. The van der Waals surface area contributed by atoms with Crippen molar-refractivity contribution in [2.24, 2.45) is 0 Å². The van der Waals surface area contributed by atoms with Gasteiger partial charge in [0.15, 0.2) is 0 Å². The number of benzene rings is 2. The van der Waals surface area contributed by atoms with E-state index < -0.39 is 0 Å². The fourth-order valence-electron chi connectivity index (χ4n) is 5.24. The zero-order valence-corrected chi connectivity index (χ0v) is 25.0. The average Bonchev–Trinajstić information content (AvgIpc) is 3.30. The van der Waals surface area contributed by atoms with Crippen LogP contribution >= 0.6 is 0 Å². The number of nitrogens with zero attached hydrogens (tertiary/aromatic N) is 5. The quantitative estimate of drug-likeness (QED) is 0.311. The Bertz CT molecular complexity index is 1180. The standard InChI is InChI=1S/C28H33N5O3.K/c1-30-10-12-31(13-11-30)16-20-5-6-22-17-33(18-23(22)14-20)28(36)24-15-21(7-8-26(24)34)25(29)19-32-9-3-2-4-27(32)35;/h5-6,8,14-15,34H,2-4,9-13,16-19H2,1H3;/q-2;+1. The summed E-state index contributed by atoms with van der Waals surface area (Å²) in [5, 5.41) is 21.1. The van der Waals surface area contributed by atoms with Crippen LogP contribution in [0.25, 0.3) is 5.41 Å². The Morgan fingerprint density at radius 1 is 1.05 bits per heavy atom. The van der Waals surface area contributed by atoms with Crippen molar-refractivity contribution in [3.63, 3.8) is 0 Å². The van der Waals surface area contributed by atoms with Gasteiger partial charge in [0.05, 0.1) is 0 Å². The number of phenols is 1. The number of carbonyl (C=O) groups is 2. The summed E-state index contributed by atoms with van der Waals surface area (Å²) >= 11 is 0. The molecular weight excluding hydrogens is 493 g/mol. The summed E-state index contributed by atoms with van der Waals surface area (Å²) in [6, 6.07) is 12.1. The summed E-state index contributed by atoms with van der Waals surface area (Å²) in [6.07, 6.45) is 2.27. The van der Waals surface area contributed by atoms with Crippen LogP contribution in [0.4, 0.5) is 0 Å². The van der Waals surface area contributed by atoms with Crippen molar-refractivity contribution in [1.82, 2.24) is 19.6 Å². The van der Waals surface area contributed by atoms with Crippen molar-refractivity contribution in [3.8, 4) is 5.75 Å². The van der Waals surface area contributed by atoms with Gasteiger partial charge in [0, 0.05) is 64.5 Å². The van der Waals surface area contributed by atoms with Gasteiger partial charge in [0.25, 0.3) is 0 Å². The Kier molecular flexibility index (Phi) is 9.61. The molecular formula is C28H33KN5O3-. The first-order valence-electron chi connectivity index (χ1n) is 12.8. The van der Waals surface area contributed by atoms with Gasteiger partial charge < -0.3 is 25.2 Å². The van der Waals surface area contributed by atoms with E-state index in [1.54, 1.807) is 9.80 Å². The maximum atomic E-state index is 13.4. The SMILES string of the molecule is CN1CCN(Cc2ccc3c(c2)CN(C(=O)c2cc(C(=[N-])CN4CCCCC4=O)[c-]cc2O)C3)CC1.[K+]. The third-order valence-electron chi connectivity index (χ3n) is 7.51. The number of fused-ring (bicyclic) bond motifs is 1. The number of amides is 2. The van der Waals surface area contributed by atoms with Gasteiger partial charge in [-0.2, -0.15) is 5.56 Å². The average molecular weight is 527 g/mol. The van der Waals surface area contributed by atoms with E-state index in [4.69, 9.17) is 0 Å². The number of phenolic OH excluding ortho intramolecular Hbond substituents is 1. The van der Waals surface area contributed by atoms with Crippen molar-refractivity contribution in [1.29, 1.82) is 0 Å². The van der Waals surface area contributed by atoms with E-state index in [0.717, 1.165) is 56.7 Å². The Morgan fingerprint density at radius 3 is 2.57 bits per heavy atom. The smallest absolute Gasteiger partial charge is 0.857 e. The Hall–Kier alpha value is -1.59. The first-order valence-corrected chi connectivity index (χ1v) is 12.8. The number of hydrogen-bond acceptors (Lipinski definition) is 5. The number of likely N-dealkylation sites (N-methyl/N-ethyl adjacent to an activating group) is 1. The fourth-order valence-corrected chi connectivity index (χ4v) is 5.24. The van der Waals surface area contributed by atoms with Crippen LogP contribution in [0, 0.1) is 6.07 Å². The molecule has 0 saturated carbocycles. The third kappa shape index (κ3) is 6.71. The molecule has 2 aromatic rings. The van der Waals surface area contributed by atoms with Gasteiger partial charge in [-0.1, -0.05) is 18.2 Å². The van der Waals surface area contributed by atoms with E-state index in [-0.39, 0.29) is 86.8 Å². The van der Waals surface area contributed by atoms with Gasteiger partial charge >= 0.3 is 51.4 Å². The van der Waals surface area contributed by atoms with Gasteiger partial charge in [-0.25, -0.2) is 5.71 Å². The number of rotatable bonds is 6. The van der Waals surface area contributed by atoms with Crippen molar-refractivity contribution in [2.45, 2.75) is 38.9 Å². The summed E-state index contributed by atoms with van der Waals surface area (Å²) in [6.45, 7) is 6.83. The van der Waals surface area contributed by atoms with Crippen LogP contribution in [0.1, 0.15) is 51.9 Å². The Labute approximate surface area is 261 Å². The second-order valence-corrected chi connectivity index (χ2v) is 10.2. The molecule has 0 atom stereocenters. The molecule has 2 aromatic carbocycles. The molecule has 0 aliphatic carbocycles. The first kappa shape index (κ1) is 28.4. The minimum atomic E-state index is -0.290. The second kappa shape index (κ2) is 12.5. The van der Waals surface area contributed by atoms with Crippen LogP contribution in [0.2, 0.25) is 0 Å². The van der Waals surface area contributed by atoms with E-state index in [1.807, 2.05) is 0 Å². The molecule has 2 fully saturated rings. The van der Waals surface area contributed by atoms with Crippen molar-refractivity contribution < 1.29 is 66.1 Å². The second-order valence-electron chi connectivity index (χ2n) is 10.2. The van der Waals surface area contributed by atoms with Crippen molar-refractivity contribution >= 4 is 17.5 Å². The van der Waals surface area contributed by atoms with Crippen LogP contribution in [-0.2, 0) is 24.4 Å². The molecule has 9 heteroatoms. The van der Waals surface area contributed by atoms with E-state index in [9.17, 15) is 20.1 Å². The first-order chi connectivity index (χ1) is 17.4. The largest absolute Gasteiger partial charge is 1.00 e. The van der Waals surface area contributed by atoms with Gasteiger partial charge in [0.2, 0.25) is 11.8 Å². The van der Waals surface area contributed by atoms with E-state index in [2.05, 4.69) is 41.1 Å². The molecule has 5 rings (SSSR count). The molecule has 0 unspecified atom stereocenters. The summed E-state index contributed by atoms with van der Waals surface area (Å²) in [7, 11) is 2.15. The number of carbonyl (C=O) groups excluding carboxylic acids is 2. The molecule has 1 N–H and O–H groups in total. The third-order valence-corrected chi connectivity index (χ3v) is 7.51. The fraction of sp³-hybridized carbons (Fsp3) is 0.464. The minimum absolute atomic E-state index is 0. The van der Waals surface area contributed by atoms with Gasteiger partial charge in [-0.15, -0.1) is 18.2 Å². The van der Waals surface area contributed by atoms with E-state index >= 15 is 0 Å². The van der Waals surface area contributed by atoms with Gasteiger partial charge in [0.1, 0.15) is 0 Å². The van der Waals surface area contributed by atoms with Crippen LogP contribution in [0.5, 0.6) is 5.75 Å². The molecule has 2 amide bonds. The number of aromatic hydroxyl groups is 1. The van der Waals surface area contributed by atoms with Gasteiger partial charge in [-0.3, -0.25) is 14.5 Å². The Morgan fingerprint density at radius 2 is 1.81 bits per heavy atom. The van der Waals surface area contributed by atoms with E-state index in [0.29, 0.717) is 31.6 Å².